The average Bonchev–Trinajstić information content (AvgIpc) is 2.89. The third-order valence-electron chi connectivity index (χ3n) is 7.05. The van der Waals surface area contributed by atoms with Crippen molar-refractivity contribution in [1.82, 2.24) is 0 Å². The number of carbonyl (C=O) groups is 1. The van der Waals surface area contributed by atoms with Crippen LogP contribution < -0.4 is 0 Å². The van der Waals surface area contributed by atoms with E-state index in [4.69, 9.17) is 0 Å². The fourth-order valence-electron chi connectivity index (χ4n) is 5.08. The number of Topliss-reactive ketones (excluding diaryl/α,β-unsaturated/α-hetero) is 1. The van der Waals surface area contributed by atoms with E-state index >= 15 is 0 Å². The van der Waals surface area contributed by atoms with Gasteiger partial charge >= 0.3 is 0 Å². The summed E-state index contributed by atoms with van der Waals surface area (Å²) in [5.74, 6) is 0.603. The Labute approximate surface area is 212 Å². The van der Waals surface area contributed by atoms with Gasteiger partial charge in [0.15, 0.2) is 5.78 Å². The Morgan fingerprint density at radius 1 is 0.706 bits per heavy atom. The minimum Gasteiger partial charge on any atom is -0.293 e. The molecular formula is C32H42OS. The first-order valence-corrected chi connectivity index (χ1v) is 14.1. The summed E-state index contributed by atoms with van der Waals surface area (Å²) in [6, 6.07) is 23.5. The lowest BCUT2D eigenvalue weighted by atomic mass is 9.83. The van der Waals surface area contributed by atoms with Crippen LogP contribution in [0.4, 0.5) is 0 Å². The molecule has 0 heterocycles. The number of unbranched alkanes of at least 4 members (excludes halogenated alkanes) is 10. The zero-order valence-corrected chi connectivity index (χ0v) is 21.9. The maximum atomic E-state index is 12.7. The molecule has 0 radical (unpaired) electrons. The molecule has 1 unspecified atom stereocenters. The second-order valence-corrected chi connectivity index (χ2v) is 9.97. The van der Waals surface area contributed by atoms with Crippen LogP contribution in [0.2, 0.25) is 0 Å². The molecule has 0 spiro atoms. The van der Waals surface area contributed by atoms with Crippen LogP contribution in [0.15, 0.2) is 66.7 Å². The van der Waals surface area contributed by atoms with Crippen LogP contribution in [0.25, 0.3) is 10.8 Å². The lowest BCUT2D eigenvalue weighted by molar-refractivity contribution is 0.102. The molecule has 0 N–H and O–H groups in total. The Hall–Kier alpha value is -2.06. The zero-order chi connectivity index (χ0) is 24.0. The van der Waals surface area contributed by atoms with Gasteiger partial charge in [0.05, 0.1) is 5.75 Å². The van der Waals surface area contributed by atoms with Crippen molar-refractivity contribution in [3.8, 4) is 0 Å². The minimum absolute atomic E-state index is 0.114. The first kappa shape index (κ1) is 26.5. The van der Waals surface area contributed by atoms with Crippen LogP contribution in [0.5, 0.6) is 0 Å². The van der Waals surface area contributed by atoms with E-state index in [2.05, 4.69) is 74.1 Å². The summed E-state index contributed by atoms with van der Waals surface area (Å²) in [4.78, 5) is 12.7. The summed E-state index contributed by atoms with van der Waals surface area (Å²) >= 11 is 4.28. The monoisotopic (exact) mass is 474 g/mol. The van der Waals surface area contributed by atoms with Crippen molar-refractivity contribution in [3.63, 3.8) is 0 Å². The summed E-state index contributed by atoms with van der Waals surface area (Å²) in [6.07, 6.45) is 15.9. The Morgan fingerprint density at radius 3 is 1.97 bits per heavy atom. The quantitative estimate of drug-likeness (QED) is 0.124. The number of ketones is 1. The topological polar surface area (TPSA) is 17.1 Å². The molecule has 34 heavy (non-hydrogen) atoms. The SMILES string of the molecule is CCCCCCCCCCCCCC(c1ccc2ccccc2c1)c1ccccc1C(=O)CS. The normalized spacial score (nSPS) is 12.2. The van der Waals surface area contributed by atoms with Crippen LogP contribution in [0.1, 0.15) is 111 Å². The van der Waals surface area contributed by atoms with Gasteiger partial charge in [0.1, 0.15) is 0 Å². The molecular weight excluding hydrogens is 432 g/mol. The standard InChI is InChI=1S/C32H42OS/c1-2-3-4-5-6-7-8-9-10-11-12-19-29(30-20-15-16-21-31(30)32(33)25-34)28-23-22-26-17-13-14-18-27(26)24-28/h13-18,20-24,29,34H,2-12,19,25H2,1H3. The van der Waals surface area contributed by atoms with Crippen LogP contribution in [0, 0.1) is 0 Å². The van der Waals surface area contributed by atoms with Gasteiger partial charge in [-0.2, -0.15) is 12.6 Å². The largest absolute Gasteiger partial charge is 0.293 e. The van der Waals surface area contributed by atoms with Crippen molar-refractivity contribution in [3.05, 3.63) is 83.4 Å². The first-order valence-electron chi connectivity index (χ1n) is 13.5. The Morgan fingerprint density at radius 2 is 1.29 bits per heavy atom. The van der Waals surface area contributed by atoms with Gasteiger partial charge in [-0.3, -0.25) is 4.79 Å². The van der Waals surface area contributed by atoms with Crippen molar-refractivity contribution in [2.75, 3.05) is 5.75 Å². The lowest BCUT2D eigenvalue weighted by Gasteiger charge is -2.21. The Bertz CT molecular complexity index is 1010. The fraction of sp³-hybridized carbons (Fsp3) is 0.469. The van der Waals surface area contributed by atoms with Crippen molar-refractivity contribution in [1.29, 1.82) is 0 Å². The van der Waals surface area contributed by atoms with E-state index in [1.165, 1.54) is 87.0 Å². The van der Waals surface area contributed by atoms with Crippen LogP contribution in [0.3, 0.4) is 0 Å². The number of hydrogen-bond acceptors (Lipinski definition) is 2. The highest BCUT2D eigenvalue weighted by Gasteiger charge is 2.20. The van der Waals surface area contributed by atoms with Gasteiger partial charge in [-0.05, 0) is 28.3 Å². The summed E-state index contributed by atoms with van der Waals surface area (Å²) < 4.78 is 0. The summed E-state index contributed by atoms with van der Waals surface area (Å²) in [7, 11) is 0. The number of carbonyl (C=O) groups excluding carboxylic acids is 1. The van der Waals surface area contributed by atoms with E-state index in [9.17, 15) is 4.79 Å². The van der Waals surface area contributed by atoms with Crippen molar-refractivity contribution in [2.45, 2.75) is 89.9 Å². The molecule has 0 fully saturated rings. The molecule has 3 aromatic rings. The highest BCUT2D eigenvalue weighted by molar-refractivity contribution is 7.81. The van der Waals surface area contributed by atoms with Gasteiger partial charge in [-0.25, -0.2) is 0 Å². The predicted molar refractivity (Wildman–Crippen MR) is 151 cm³/mol. The summed E-state index contributed by atoms with van der Waals surface area (Å²) in [5, 5.41) is 2.53. The lowest BCUT2D eigenvalue weighted by Crippen LogP contribution is -2.10. The van der Waals surface area contributed by atoms with Gasteiger partial charge in [0.2, 0.25) is 0 Å². The Kier molecular flexibility index (Phi) is 11.7. The van der Waals surface area contributed by atoms with Crippen molar-refractivity contribution >= 4 is 29.2 Å². The summed E-state index contributed by atoms with van der Waals surface area (Å²) in [5.41, 5.74) is 3.30. The number of hydrogen-bond donors (Lipinski definition) is 1. The van der Waals surface area contributed by atoms with E-state index in [-0.39, 0.29) is 17.5 Å². The molecule has 1 nitrogen and oxygen atoms in total. The maximum Gasteiger partial charge on any atom is 0.172 e. The van der Waals surface area contributed by atoms with Crippen LogP contribution >= 0.6 is 12.6 Å². The van der Waals surface area contributed by atoms with E-state index in [0.29, 0.717) is 0 Å². The van der Waals surface area contributed by atoms with Gasteiger partial charge in [0.25, 0.3) is 0 Å². The first-order chi connectivity index (χ1) is 16.7. The van der Waals surface area contributed by atoms with Gasteiger partial charge in [0, 0.05) is 11.5 Å². The smallest absolute Gasteiger partial charge is 0.172 e. The molecule has 182 valence electrons. The molecule has 0 amide bonds. The van der Waals surface area contributed by atoms with E-state index in [0.717, 1.165) is 17.5 Å². The fourth-order valence-corrected chi connectivity index (χ4v) is 5.25. The van der Waals surface area contributed by atoms with E-state index in [1.54, 1.807) is 0 Å². The van der Waals surface area contributed by atoms with Gasteiger partial charge in [-0.15, -0.1) is 0 Å². The van der Waals surface area contributed by atoms with Crippen molar-refractivity contribution < 1.29 is 4.79 Å². The van der Waals surface area contributed by atoms with Crippen LogP contribution in [-0.2, 0) is 0 Å². The van der Waals surface area contributed by atoms with Crippen LogP contribution in [-0.4, -0.2) is 11.5 Å². The molecule has 1 atom stereocenters. The molecule has 0 aliphatic heterocycles. The average molecular weight is 475 g/mol. The predicted octanol–water partition coefficient (Wildman–Crippen LogP) is 9.79. The number of benzene rings is 3. The molecule has 0 saturated heterocycles. The van der Waals surface area contributed by atoms with E-state index in [1.807, 2.05) is 12.1 Å². The third-order valence-corrected chi connectivity index (χ3v) is 7.34. The molecule has 0 bridgehead atoms. The van der Waals surface area contributed by atoms with Crippen molar-refractivity contribution in [2.24, 2.45) is 0 Å². The van der Waals surface area contributed by atoms with Gasteiger partial charge in [-0.1, -0.05) is 144 Å². The minimum atomic E-state index is 0.114. The highest BCUT2D eigenvalue weighted by Crippen LogP contribution is 2.34. The second-order valence-electron chi connectivity index (χ2n) is 9.65. The van der Waals surface area contributed by atoms with E-state index < -0.39 is 0 Å². The molecule has 3 aromatic carbocycles. The zero-order valence-electron chi connectivity index (χ0n) is 21.0. The third kappa shape index (κ3) is 8.01. The second kappa shape index (κ2) is 15.0. The number of thiol groups is 1. The maximum absolute atomic E-state index is 12.7. The number of rotatable bonds is 16. The highest BCUT2D eigenvalue weighted by atomic mass is 32.1. The number of fused-ring (bicyclic) bond motifs is 1. The summed E-state index contributed by atoms with van der Waals surface area (Å²) in [6.45, 7) is 2.28. The molecule has 0 aliphatic rings. The van der Waals surface area contributed by atoms with Gasteiger partial charge < -0.3 is 0 Å². The molecule has 3 rings (SSSR count). The molecule has 2 heteroatoms. The molecule has 0 saturated carbocycles. The molecule has 0 aromatic heterocycles. The molecule has 0 aliphatic carbocycles. The Balaban J connectivity index is 1.63.